The lowest BCUT2D eigenvalue weighted by Crippen LogP contribution is -2.43. The second-order valence-electron chi connectivity index (χ2n) is 7.50. The number of carbonyl (C=O) groups is 2. The van der Waals surface area contributed by atoms with E-state index < -0.39 is 35.9 Å². The van der Waals surface area contributed by atoms with Gasteiger partial charge in [0, 0.05) is 6.42 Å². The molecule has 152 valence electrons. The number of ether oxygens (including phenoxy) is 1. The molecule has 0 spiro atoms. The number of hydrogen-bond acceptors (Lipinski definition) is 3. The summed E-state index contributed by atoms with van der Waals surface area (Å²) in [5.74, 6) is -1.57. The molecule has 0 aliphatic rings. The van der Waals surface area contributed by atoms with Crippen molar-refractivity contribution in [2.45, 2.75) is 83.7 Å². The largest absolute Gasteiger partial charge is 0.481 e. The number of quaternary nitrogens is 1. The minimum absolute atomic E-state index is 0.0691. The van der Waals surface area contributed by atoms with Gasteiger partial charge in [-0.2, -0.15) is 0 Å². The van der Waals surface area contributed by atoms with E-state index in [-0.39, 0.29) is 13.0 Å². The Bertz CT molecular complexity index is 505. The number of carboxylic acid groups (broad SMARTS) is 1. The van der Waals surface area contributed by atoms with Gasteiger partial charge in [-0.15, -0.1) is 0 Å². The van der Waals surface area contributed by atoms with E-state index in [1.807, 2.05) is 0 Å². The Hall–Kier alpha value is -1.36. The van der Waals surface area contributed by atoms with Gasteiger partial charge in [0.05, 0.1) is 31.6 Å². The lowest BCUT2D eigenvalue weighted by Gasteiger charge is -2.28. The molecular weight excluding hydrogens is 330 g/mol. The normalized spacial score (nSPS) is 15.3. The third kappa shape index (κ3) is 17.5. The van der Waals surface area contributed by atoms with Gasteiger partial charge in [-0.3, -0.25) is 9.59 Å². The van der Waals surface area contributed by atoms with Gasteiger partial charge >= 0.3 is 11.9 Å². The summed E-state index contributed by atoms with van der Waals surface area (Å²) in [5.41, 5.74) is 0. The Kier molecular flexibility index (Phi) is 11.0. The van der Waals surface area contributed by atoms with Crippen molar-refractivity contribution in [3.63, 3.8) is 0 Å². The molecule has 0 radical (unpaired) electrons. The quantitative estimate of drug-likeness (QED) is 0.186. The van der Waals surface area contributed by atoms with Gasteiger partial charge in [0.25, 0.3) is 0 Å². The number of allylic oxidation sites excluding steroid dienone is 2. The zero-order valence-corrected chi connectivity index (χ0v) is 16.8. The van der Waals surface area contributed by atoms with E-state index in [0.717, 1.165) is 38.5 Å². The number of carbonyl (C=O) groups excluding carboxylic acids is 1. The van der Waals surface area contributed by atoms with Gasteiger partial charge in [0.15, 0.2) is 6.10 Å². The SMILES string of the molecule is [2H]C([2H])([2H])[N+](C)(C)C[C@@H](CC(=O)O)OC(=O)CCCCCCC/C=C/CCCC. The molecule has 0 aromatic carbocycles. The van der Waals surface area contributed by atoms with Crippen LogP contribution in [0, 0.1) is 0 Å². The van der Waals surface area contributed by atoms with Crippen molar-refractivity contribution in [3.8, 4) is 0 Å². The first-order chi connectivity index (χ1) is 13.5. The number of likely N-dealkylation sites (N-methyl/N-ethyl adjacent to an activating group) is 1. The molecule has 0 aromatic rings. The molecule has 0 aromatic heterocycles. The van der Waals surface area contributed by atoms with Crippen LogP contribution in [-0.4, -0.2) is 55.2 Å². The monoisotopic (exact) mass is 373 g/mol. The topological polar surface area (TPSA) is 63.6 Å². The average Bonchev–Trinajstić information content (AvgIpc) is 2.57. The Labute approximate surface area is 164 Å². The van der Waals surface area contributed by atoms with Crippen LogP contribution in [0.2, 0.25) is 0 Å². The fourth-order valence-corrected chi connectivity index (χ4v) is 2.71. The number of aliphatic carboxylic acids is 1. The molecule has 0 aliphatic carbocycles. The number of carboxylic acids is 1. The molecule has 0 aliphatic heterocycles. The van der Waals surface area contributed by atoms with E-state index in [4.69, 9.17) is 14.0 Å². The van der Waals surface area contributed by atoms with Crippen LogP contribution in [0.1, 0.15) is 81.7 Å². The second kappa shape index (κ2) is 14.8. The standard InChI is InChI=1S/C21H39NO4/c1-5-6-7-8-9-10-11-12-13-14-15-16-21(25)26-19(17-20(23)24)18-22(2,3)4/h8-9,19H,5-7,10-18H2,1-4H3/p+1/b9-8+/t19-/m1/s1/i2D3. The predicted molar refractivity (Wildman–Crippen MR) is 106 cm³/mol. The first kappa shape index (κ1) is 19.4. The van der Waals surface area contributed by atoms with Crippen LogP contribution in [0.5, 0.6) is 0 Å². The van der Waals surface area contributed by atoms with E-state index in [2.05, 4.69) is 19.1 Å². The summed E-state index contributed by atoms with van der Waals surface area (Å²) in [7, 11) is 2.96. The van der Waals surface area contributed by atoms with Crippen LogP contribution in [0.3, 0.4) is 0 Å². The first-order valence-corrected chi connectivity index (χ1v) is 9.89. The van der Waals surface area contributed by atoms with E-state index in [1.165, 1.54) is 26.9 Å². The summed E-state index contributed by atoms with van der Waals surface area (Å²) in [6.45, 7) is -0.193. The van der Waals surface area contributed by atoms with Gasteiger partial charge in [-0.1, -0.05) is 51.2 Å². The molecule has 0 saturated carbocycles. The highest BCUT2D eigenvalue weighted by molar-refractivity contribution is 5.71. The molecule has 0 fully saturated rings. The minimum atomic E-state index is -2.31. The van der Waals surface area contributed by atoms with E-state index in [1.54, 1.807) is 0 Å². The number of unbranched alkanes of at least 4 members (excludes halogenated alkanes) is 7. The smallest absolute Gasteiger partial charge is 0.307 e. The third-order valence-corrected chi connectivity index (χ3v) is 4.00. The molecule has 5 heteroatoms. The third-order valence-electron chi connectivity index (χ3n) is 4.00. The zero-order valence-electron chi connectivity index (χ0n) is 19.8. The zero-order chi connectivity index (χ0) is 22.3. The maximum atomic E-state index is 12.1. The van der Waals surface area contributed by atoms with Crippen molar-refractivity contribution < 1.29 is 28.0 Å². The molecule has 0 heterocycles. The Morgan fingerprint density at radius 2 is 1.69 bits per heavy atom. The molecule has 0 unspecified atom stereocenters. The van der Waals surface area contributed by atoms with Gasteiger partial charge in [-0.05, 0) is 25.7 Å². The molecular formula is C21H40NO4+. The molecule has 0 saturated heterocycles. The van der Waals surface area contributed by atoms with E-state index >= 15 is 0 Å². The van der Waals surface area contributed by atoms with Crippen molar-refractivity contribution in [2.24, 2.45) is 0 Å². The summed E-state index contributed by atoms with van der Waals surface area (Å²) in [6.07, 6.45) is 13.0. The van der Waals surface area contributed by atoms with Crippen molar-refractivity contribution >= 4 is 11.9 Å². The molecule has 1 atom stereocenters. The number of rotatable bonds is 16. The van der Waals surface area contributed by atoms with Gasteiger partial charge in [-0.25, -0.2) is 0 Å². The summed E-state index contributed by atoms with van der Waals surface area (Å²) in [5, 5.41) is 9.03. The summed E-state index contributed by atoms with van der Waals surface area (Å²) in [4.78, 5) is 23.1. The van der Waals surface area contributed by atoms with Gasteiger partial charge in [0.2, 0.25) is 0 Å². The Balaban J connectivity index is 4.11. The fraction of sp³-hybridized carbons (Fsp3) is 0.810. The van der Waals surface area contributed by atoms with Crippen LogP contribution < -0.4 is 0 Å². The van der Waals surface area contributed by atoms with Gasteiger partial charge < -0.3 is 14.3 Å². The number of esters is 1. The van der Waals surface area contributed by atoms with Crippen LogP contribution in [0.15, 0.2) is 12.2 Å². The molecule has 0 bridgehead atoms. The average molecular weight is 374 g/mol. The minimum Gasteiger partial charge on any atom is -0.481 e. The summed E-state index contributed by atoms with van der Waals surface area (Å²) < 4.78 is 27.5. The van der Waals surface area contributed by atoms with Crippen LogP contribution in [-0.2, 0) is 14.3 Å². The maximum Gasteiger partial charge on any atom is 0.307 e. The molecule has 5 nitrogen and oxygen atoms in total. The summed E-state index contributed by atoms with van der Waals surface area (Å²) in [6, 6.07) is 0. The highest BCUT2D eigenvalue weighted by atomic mass is 16.5. The van der Waals surface area contributed by atoms with Crippen LogP contribution >= 0.6 is 0 Å². The molecule has 0 amide bonds. The second-order valence-corrected chi connectivity index (χ2v) is 7.50. The molecule has 1 N–H and O–H groups in total. The molecule has 0 rings (SSSR count). The summed E-state index contributed by atoms with van der Waals surface area (Å²) >= 11 is 0. The van der Waals surface area contributed by atoms with Crippen LogP contribution in [0.4, 0.5) is 0 Å². The van der Waals surface area contributed by atoms with Crippen molar-refractivity contribution in [1.82, 2.24) is 0 Å². The highest BCUT2D eigenvalue weighted by Gasteiger charge is 2.24. The number of nitrogens with zero attached hydrogens (tertiary/aromatic N) is 1. The van der Waals surface area contributed by atoms with Crippen LogP contribution in [0.25, 0.3) is 0 Å². The fourth-order valence-electron chi connectivity index (χ4n) is 2.71. The Morgan fingerprint density at radius 3 is 2.31 bits per heavy atom. The Morgan fingerprint density at radius 1 is 1.08 bits per heavy atom. The van der Waals surface area contributed by atoms with E-state index in [0.29, 0.717) is 6.42 Å². The van der Waals surface area contributed by atoms with Crippen molar-refractivity contribution in [3.05, 3.63) is 12.2 Å². The predicted octanol–water partition coefficient (Wildman–Crippen LogP) is 4.56. The molecule has 26 heavy (non-hydrogen) atoms. The highest BCUT2D eigenvalue weighted by Crippen LogP contribution is 2.11. The van der Waals surface area contributed by atoms with Gasteiger partial charge in [0.1, 0.15) is 6.54 Å². The first-order valence-electron chi connectivity index (χ1n) is 11.4. The lowest BCUT2D eigenvalue weighted by molar-refractivity contribution is -0.873. The van der Waals surface area contributed by atoms with E-state index in [9.17, 15) is 9.59 Å². The number of hydrogen-bond donors (Lipinski definition) is 1. The van der Waals surface area contributed by atoms with Crippen molar-refractivity contribution in [2.75, 3.05) is 27.6 Å². The maximum absolute atomic E-state index is 12.1. The lowest BCUT2D eigenvalue weighted by atomic mass is 10.1. The van der Waals surface area contributed by atoms with Crippen molar-refractivity contribution in [1.29, 1.82) is 0 Å².